The van der Waals surface area contributed by atoms with Gasteiger partial charge in [0.1, 0.15) is 29.1 Å². The van der Waals surface area contributed by atoms with E-state index in [1.54, 1.807) is 38.1 Å². The van der Waals surface area contributed by atoms with Crippen LogP contribution in [0.15, 0.2) is 47.0 Å². The largest absolute Gasteiger partial charge is 0.466 e. The van der Waals surface area contributed by atoms with Gasteiger partial charge in [-0.15, -0.1) is 0 Å². The Hall–Kier alpha value is -3.82. The highest BCUT2D eigenvalue weighted by atomic mass is 16.6. The molecule has 0 radical (unpaired) electrons. The third-order valence-corrected chi connectivity index (χ3v) is 4.90. The molecule has 0 saturated carbocycles. The predicted octanol–water partition coefficient (Wildman–Crippen LogP) is 1.02. The number of carbonyl (C=O) groups is 4. The summed E-state index contributed by atoms with van der Waals surface area (Å²) in [7, 11) is 1.12. The molecule has 1 unspecified atom stereocenters. The van der Waals surface area contributed by atoms with Gasteiger partial charge in [-0.1, -0.05) is 18.2 Å². The number of fused-ring (bicyclic) bond motifs is 2. The van der Waals surface area contributed by atoms with Gasteiger partial charge in [0.25, 0.3) is 0 Å². The Morgan fingerprint density at radius 1 is 1.06 bits per heavy atom. The van der Waals surface area contributed by atoms with Crippen molar-refractivity contribution < 1.29 is 38.1 Å². The van der Waals surface area contributed by atoms with Crippen LogP contribution in [0.5, 0.6) is 0 Å². The maximum absolute atomic E-state index is 13.4. The average molecular weight is 430 g/mol. The zero-order valence-electron chi connectivity index (χ0n) is 17.3. The lowest BCUT2D eigenvalue weighted by molar-refractivity contribution is -0.147. The van der Waals surface area contributed by atoms with Gasteiger partial charge in [0.15, 0.2) is 5.41 Å². The Labute approximate surface area is 178 Å². The Morgan fingerprint density at radius 2 is 1.74 bits per heavy atom. The molecule has 1 spiro atoms. The third kappa shape index (κ3) is 3.39. The van der Waals surface area contributed by atoms with E-state index < -0.39 is 35.7 Å². The van der Waals surface area contributed by atoms with Crippen molar-refractivity contribution in [3.05, 3.63) is 52.6 Å². The number of methoxy groups -OCH3 is 1. The van der Waals surface area contributed by atoms with Gasteiger partial charge in [-0.05, 0) is 19.9 Å². The van der Waals surface area contributed by atoms with E-state index >= 15 is 0 Å². The lowest BCUT2D eigenvalue weighted by atomic mass is 9.66. The number of nitrogens with one attached hydrogen (secondary N) is 1. The van der Waals surface area contributed by atoms with Gasteiger partial charge >= 0.3 is 23.9 Å². The first kappa shape index (κ1) is 21.9. The van der Waals surface area contributed by atoms with E-state index in [2.05, 4.69) is 5.32 Å². The topological polar surface area (TPSA) is 143 Å². The first-order valence-corrected chi connectivity index (χ1v) is 9.56. The van der Waals surface area contributed by atoms with E-state index in [1.165, 1.54) is 0 Å². The van der Waals surface area contributed by atoms with Gasteiger partial charge in [0.05, 0.1) is 20.3 Å². The normalized spacial score (nSPS) is 19.5. The highest BCUT2D eigenvalue weighted by Gasteiger charge is 2.63. The van der Waals surface area contributed by atoms with Gasteiger partial charge in [-0.2, -0.15) is 0 Å². The van der Waals surface area contributed by atoms with E-state index in [1.807, 2.05) is 0 Å². The molecule has 3 N–H and O–H groups in total. The number of cyclic esters (lactones) is 1. The van der Waals surface area contributed by atoms with Crippen LogP contribution < -0.4 is 11.1 Å². The summed E-state index contributed by atoms with van der Waals surface area (Å²) < 4.78 is 20.4. The maximum Gasteiger partial charge on any atom is 0.339 e. The highest BCUT2D eigenvalue weighted by molar-refractivity contribution is 6.16. The van der Waals surface area contributed by atoms with Crippen LogP contribution in [0.3, 0.4) is 0 Å². The summed E-state index contributed by atoms with van der Waals surface area (Å²) in [4.78, 5) is 51.4. The molecule has 0 fully saturated rings. The number of anilines is 1. The van der Waals surface area contributed by atoms with E-state index in [0.29, 0.717) is 5.69 Å². The smallest absolute Gasteiger partial charge is 0.339 e. The van der Waals surface area contributed by atoms with Crippen molar-refractivity contribution in [1.82, 2.24) is 0 Å². The van der Waals surface area contributed by atoms with Crippen molar-refractivity contribution in [1.29, 1.82) is 0 Å². The first-order chi connectivity index (χ1) is 14.8. The molecule has 1 aromatic rings. The van der Waals surface area contributed by atoms with Crippen LogP contribution in [0.2, 0.25) is 0 Å². The quantitative estimate of drug-likeness (QED) is 0.496. The minimum atomic E-state index is -2.08. The SMILES string of the molecule is CCOC(=O)CC1=C(C(=O)OCC)C2(C(=O)O1)C(C(=O)OC)=C(N)Nc1ccccc12. The van der Waals surface area contributed by atoms with E-state index in [4.69, 9.17) is 24.7 Å². The number of rotatable bonds is 6. The Bertz CT molecular complexity index is 1030. The number of benzene rings is 1. The van der Waals surface area contributed by atoms with Crippen LogP contribution in [0.25, 0.3) is 0 Å². The molecule has 1 atom stereocenters. The van der Waals surface area contributed by atoms with Crippen LogP contribution in [0.1, 0.15) is 25.8 Å². The number of para-hydroxylation sites is 1. The van der Waals surface area contributed by atoms with Gasteiger partial charge in [0, 0.05) is 11.3 Å². The molecule has 10 nitrogen and oxygen atoms in total. The fraction of sp³-hybridized carbons (Fsp3) is 0.333. The van der Waals surface area contributed by atoms with Gasteiger partial charge in [-0.25, -0.2) is 14.4 Å². The summed E-state index contributed by atoms with van der Waals surface area (Å²) in [6.45, 7) is 3.26. The molecule has 0 bridgehead atoms. The fourth-order valence-electron chi connectivity index (χ4n) is 3.79. The summed E-state index contributed by atoms with van der Waals surface area (Å²) in [5.41, 5.74) is 4.00. The second-order valence-electron chi connectivity index (χ2n) is 6.59. The Balaban J connectivity index is 2.37. The first-order valence-electron chi connectivity index (χ1n) is 9.56. The van der Waals surface area contributed by atoms with Crippen molar-refractivity contribution in [3.8, 4) is 0 Å². The number of carbonyl (C=O) groups excluding carboxylic acids is 4. The minimum absolute atomic E-state index is 0.0219. The van der Waals surface area contributed by atoms with Gasteiger partial charge in [0.2, 0.25) is 0 Å². The Kier molecular flexibility index (Phi) is 6.00. The molecular formula is C21H22N2O8. The summed E-state index contributed by atoms with van der Waals surface area (Å²) in [6, 6.07) is 6.48. The number of hydrogen-bond donors (Lipinski definition) is 2. The molecule has 31 heavy (non-hydrogen) atoms. The van der Waals surface area contributed by atoms with E-state index in [0.717, 1.165) is 7.11 Å². The second kappa shape index (κ2) is 8.50. The molecule has 10 heteroatoms. The van der Waals surface area contributed by atoms with Gasteiger partial charge in [-0.3, -0.25) is 4.79 Å². The molecule has 0 amide bonds. The average Bonchev–Trinajstić information content (AvgIpc) is 3.00. The Morgan fingerprint density at radius 3 is 2.39 bits per heavy atom. The molecule has 0 aliphatic carbocycles. The molecule has 2 heterocycles. The van der Waals surface area contributed by atoms with Crippen molar-refractivity contribution in [3.63, 3.8) is 0 Å². The molecule has 3 rings (SSSR count). The van der Waals surface area contributed by atoms with Crippen LogP contribution in [0.4, 0.5) is 5.69 Å². The number of hydrogen-bond acceptors (Lipinski definition) is 10. The molecule has 0 saturated heterocycles. The number of ether oxygens (including phenoxy) is 4. The van der Waals surface area contributed by atoms with Crippen LogP contribution in [-0.2, 0) is 43.5 Å². The zero-order valence-corrected chi connectivity index (χ0v) is 17.3. The molecular weight excluding hydrogens is 408 g/mol. The van der Waals surface area contributed by atoms with Crippen molar-refractivity contribution >= 4 is 29.6 Å². The highest BCUT2D eigenvalue weighted by Crippen LogP contribution is 2.53. The fourth-order valence-corrected chi connectivity index (χ4v) is 3.79. The molecule has 164 valence electrons. The monoisotopic (exact) mass is 430 g/mol. The molecule has 1 aromatic carbocycles. The van der Waals surface area contributed by atoms with E-state index in [9.17, 15) is 19.2 Å². The summed E-state index contributed by atoms with van der Waals surface area (Å²) in [5.74, 6) is -4.04. The van der Waals surface area contributed by atoms with Crippen LogP contribution >= 0.6 is 0 Å². The summed E-state index contributed by atoms with van der Waals surface area (Å²) >= 11 is 0. The standard InChI is InChI=1S/C21H22N2O8/c1-4-29-14(24)10-13-15(19(26)30-5-2)21(20(27)31-13)11-8-6-7-9-12(11)23-17(22)16(21)18(25)28-3/h6-9,23H,4-5,10,22H2,1-3H3. The van der Waals surface area contributed by atoms with Gasteiger partial charge < -0.3 is 30.0 Å². The number of esters is 4. The molecule has 2 aliphatic rings. The van der Waals surface area contributed by atoms with Crippen LogP contribution in [0, 0.1) is 0 Å². The lowest BCUT2D eigenvalue weighted by Crippen LogP contribution is -2.47. The number of nitrogens with two attached hydrogens (primary N) is 1. The third-order valence-electron chi connectivity index (χ3n) is 4.90. The minimum Gasteiger partial charge on any atom is -0.466 e. The maximum atomic E-state index is 13.4. The predicted molar refractivity (Wildman–Crippen MR) is 106 cm³/mol. The summed E-state index contributed by atoms with van der Waals surface area (Å²) in [5, 5.41) is 2.85. The lowest BCUT2D eigenvalue weighted by Gasteiger charge is -2.35. The molecule has 0 aromatic heterocycles. The summed E-state index contributed by atoms with van der Waals surface area (Å²) in [6.07, 6.45) is -0.514. The van der Waals surface area contributed by atoms with Crippen molar-refractivity contribution in [2.75, 3.05) is 25.6 Å². The van der Waals surface area contributed by atoms with E-state index in [-0.39, 0.29) is 41.5 Å². The molecule has 2 aliphatic heterocycles. The zero-order chi connectivity index (χ0) is 22.8. The van der Waals surface area contributed by atoms with Crippen molar-refractivity contribution in [2.45, 2.75) is 25.7 Å². The second-order valence-corrected chi connectivity index (χ2v) is 6.59. The van der Waals surface area contributed by atoms with Crippen LogP contribution in [-0.4, -0.2) is 44.2 Å². The van der Waals surface area contributed by atoms with Crippen molar-refractivity contribution in [2.24, 2.45) is 5.73 Å².